The number of fused-ring (bicyclic) bond motifs is 1. The van der Waals surface area contributed by atoms with Gasteiger partial charge in [0.1, 0.15) is 0 Å². The molecule has 0 aromatic heterocycles. The Morgan fingerprint density at radius 3 is 2.22 bits per heavy atom. The first-order chi connectivity index (χ1) is 12.9. The SMILES string of the molecule is CCNC(=NCCC1CCN(CC(F)(F)F)CC1)N1CC2CCCCC2C1. The Kier molecular flexibility index (Phi) is 7.29. The summed E-state index contributed by atoms with van der Waals surface area (Å²) < 4.78 is 37.5. The van der Waals surface area contributed by atoms with E-state index in [2.05, 4.69) is 17.1 Å². The van der Waals surface area contributed by atoms with Crippen molar-refractivity contribution in [3.8, 4) is 0 Å². The molecule has 0 aromatic rings. The predicted octanol–water partition coefficient (Wildman–Crippen LogP) is 3.74. The van der Waals surface area contributed by atoms with E-state index in [1.807, 2.05) is 0 Å². The molecule has 27 heavy (non-hydrogen) atoms. The summed E-state index contributed by atoms with van der Waals surface area (Å²) in [5.74, 6) is 3.21. The number of aliphatic imine (C=N–C) groups is 1. The molecule has 2 aliphatic heterocycles. The molecule has 7 heteroatoms. The Labute approximate surface area is 161 Å². The van der Waals surface area contributed by atoms with E-state index >= 15 is 0 Å². The molecule has 2 saturated heterocycles. The molecule has 0 bridgehead atoms. The second-order valence-electron chi connectivity index (χ2n) is 8.57. The van der Waals surface area contributed by atoms with Crippen molar-refractivity contribution in [2.75, 3.05) is 45.8 Å². The van der Waals surface area contributed by atoms with Crippen molar-refractivity contribution in [2.24, 2.45) is 22.7 Å². The number of piperidine rings is 1. The van der Waals surface area contributed by atoms with Gasteiger partial charge in [0.05, 0.1) is 6.54 Å². The minimum Gasteiger partial charge on any atom is -0.357 e. The zero-order chi connectivity index (χ0) is 19.3. The van der Waals surface area contributed by atoms with Crippen molar-refractivity contribution in [2.45, 2.75) is 58.0 Å². The fourth-order valence-electron chi connectivity index (χ4n) is 5.04. The number of hydrogen-bond donors (Lipinski definition) is 1. The van der Waals surface area contributed by atoms with Gasteiger partial charge in [-0.3, -0.25) is 9.89 Å². The van der Waals surface area contributed by atoms with E-state index in [1.165, 1.54) is 30.6 Å². The third-order valence-electron chi connectivity index (χ3n) is 6.52. The zero-order valence-electron chi connectivity index (χ0n) is 16.6. The van der Waals surface area contributed by atoms with E-state index in [1.54, 1.807) is 0 Å². The molecule has 3 rings (SSSR count). The number of guanidine groups is 1. The zero-order valence-corrected chi connectivity index (χ0v) is 16.6. The standard InChI is InChI=1S/C20H35F3N4/c1-2-24-19(27-13-17-5-3-4-6-18(17)14-27)25-10-7-16-8-11-26(12-9-16)15-20(21,22)23/h16-18H,2-15H2,1H3,(H,24,25). The molecule has 0 radical (unpaired) electrons. The Bertz CT molecular complexity index is 472. The minimum atomic E-state index is -4.08. The van der Waals surface area contributed by atoms with Crippen LogP contribution in [0.3, 0.4) is 0 Å². The Morgan fingerprint density at radius 1 is 1.04 bits per heavy atom. The quantitative estimate of drug-likeness (QED) is 0.575. The Balaban J connectivity index is 1.43. The summed E-state index contributed by atoms with van der Waals surface area (Å²) in [4.78, 5) is 8.84. The van der Waals surface area contributed by atoms with Crippen molar-refractivity contribution >= 4 is 5.96 Å². The lowest BCUT2D eigenvalue weighted by atomic mass is 9.82. The monoisotopic (exact) mass is 388 g/mol. The molecule has 4 nitrogen and oxygen atoms in total. The van der Waals surface area contributed by atoms with Gasteiger partial charge in [0.15, 0.2) is 5.96 Å². The first-order valence-corrected chi connectivity index (χ1v) is 10.8. The molecule has 3 aliphatic rings. The Morgan fingerprint density at radius 2 is 1.67 bits per heavy atom. The summed E-state index contributed by atoms with van der Waals surface area (Å²) in [6.07, 6.45) is 4.08. The van der Waals surface area contributed by atoms with E-state index < -0.39 is 12.7 Å². The molecule has 3 fully saturated rings. The summed E-state index contributed by atoms with van der Waals surface area (Å²) >= 11 is 0. The average molecular weight is 389 g/mol. The van der Waals surface area contributed by atoms with E-state index in [-0.39, 0.29) is 0 Å². The highest BCUT2D eigenvalue weighted by Crippen LogP contribution is 2.36. The van der Waals surface area contributed by atoms with Crippen LogP contribution in [0.4, 0.5) is 13.2 Å². The number of nitrogens with one attached hydrogen (secondary N) is 1. The van der Waals surface area contributed by atoms with Gasteiger partial charge in [-0.15, -0.1) is 0 Å². The van der Waals surface area contributed by atoms with Gasteiger partial charge < -0.3 is 10.2 Å². The van der Waals surface area contributed by atoms with Gasteiger partial charge >= 0.3 is 6.18 Å². The first-order valence-electron chi connectivity index (χ1n) is 10.8. The number of hydrogen-bond acceptors (Lipinski definition) is 2. The van der Waals surface area contributed by atoms with Crippen molar-refractivity contribution in [3.05, 3.63) is 0 Å². The number of alkyl halides is 3. The van der Waals surface area contributed by atoms with Crippen LogP contribution in [-0.2, 0) is 0 Å². The summed E-state index contributed by atoms with van der Waals surface area (Å²) in [5.41, 5.74) is 0. The fraction of sp³-hybridized carbons (Fsp3) is 0.950. The van der Waals surface area contributed by atoms with Gasteiger partial charge in [-0.1, -0.05) is 12.8 Å². The van der Waals surface area contributed by atoms with Crippen LogP contribution in [0.5, 0.6) is 0 Å². The lowest BCUT2D eigenvalue weighted by molar-refractivity contribution is -0.148. The molecule has 156 valence electrons. The third-order valence-corrected chi connectivity index (χ3v) is 6.52. The molecule has 0 amide bonds. The van der Waals surface area contributed by atoms with Crippen molar-refractivity contribution < 1.29 is 13.2 Å². The smallest absolute Gasteiger partial charge is 0.357 e. The van der Waals surface area contributed by atoms with Crippen LogP contribution in [0, 0.1) is 17.8 Å². The van der Waals surface area contributed by atoms with Crippen LogP contribution in [0.15, 0.2) is 4.99 Å². The molecule has 1 saturated carbocycles. The summed E-state index contributed by atoms with van der Waals surface area (Å²) in [6, 6.07) is 0. The third kappa shape index (κ3) is 6.26. The van der Waals surface area contributed by atoms with Crippen LogP contribution in [0.2, 0.25) is 0 Å². The van der Waals surface area contributed by atoms with Crippen LogP contribution < -0.4 is 5.32 Å². The second-order valence-corrected chi connectivity index (χ2v) is 8.57. The van der Waals surface area contributed by atoms with Gasteiger partial charge in [0.2, 0.25) is 0 Å². The van der Waals surface area contributed by atoms with Crippen LogP contribution >= 0.6 is 0 Å². The van der Waals surface area contributed by atoms with E-state index in [0.717, 1.165) is 63.2 Å². The summed E-state index contributed by atoms with van der Waals surface area (Å²) in [7, 11) is 0. The largest absolute Gasteiger partial charge is 0.401 e. The fourth-order valence-corrected chi connectivity index (χ4v) is 5.04. The highest BCUT2D eigenvalue weighted by atomic mass is 19.4. The molecule has 2 heterocycles. The lowest BCUT2D eigenvalue weighted by Crippen LogP contribution is -2.41. The number of halogens is 3. The van der Waals surface area contributed by atoms with Gasteiger partial charge in [0, 0.05) is 26.2 Å². The highest BCUT2D eigenvalue weighted by Gasteiger charge is 2.35. The molecule has 0 aromatic carbocycles. The molecule has 1 aliphatic carbocycles. The highest BCUT2D eigenvalue weighted by molar-refractivity contribution is 5.80. The van der Waals surface area contributed by atoms with Crippen molar-refractivity contribution in [1.82, 2.24) is 15.1 Å². The second kappa shape index (κ2) is 9.48. The van der Waals surface area contributed by atoms with E-state index in [9.17, 15) is 13.2 Å². The van der Waals surface area contributed by atoms with Crippen molar-refractivity contribution in [3.63, 3.8) is 0 Å². The van der Waals surface area contributed by atoms with E-state index in [0.29, 0.717) is 19.0 Å². The normalized spacial score (nSPS) is 28.4. The summed E-state index contributed by atoms with van der Waals surface area (Å²) in [5, 5.41) is 3.45. The van der Waals surface area contributed by atoms with Gasteiger partial charge in [-0.2, -0.15) is 13.2 Å². The maximum Gasteiger partial charge on any atom is 0.401 e. The van der Waals surface area contributed by atoms with Gasteiger partial charge in [0.25, 0.3) is 0 Å². The molecule has 1 N–H and O–H groups in total. The first kappa shape index (κ1) is 20.7. The van der Waals surface area contributed by atoms with Crippen molar-refractivity contribution in [1.29, 1.82) is 0 Å². The number of nitrogens with zero attached hydrogens (tertiary/aromatic N) is 3. The Hall–Kier alpha value is -0.980. The topological polar surface area (TPSA) is 30.9 Å². The molecular weight excluding hydrogens is 353 g/mol. The van der Waals surface area contributed by atoms with E-state index in [4.69, 9.17) is 4.99 Å². The predicted molar refractivity (Wildman–Crippen MR) is 103 cm³/mol. The van der Waals surface area contributed by atoms with Crippen LogP contribution in [-0.4, -0.2) is 67.7 Å². The molecule has 2 unspecified atom stereocenters. The maximum atomic E-state index is 12.5. The van der Waals surface area contributed by atoms with Gasteiger partial charge in [-0.05, 0) is 69.9 Å². The van der Waals surface area contributed by atoms with Crippen LogP contribution in [0.25, 0.3) is 0 Å². The number of likely N-dealkylation sites (tertiary alicyclic amines) is 2. The molecule has 0 spiro atoms. The average Bonchev–Trinajstić information content (AvgIpc) is 3.05. The summed E-state index contributed by atoms with van der Waals surface area (Å²) in [6.45, 7) is 6.37. The lowest BCUT2D eigenvalue weighted by Gasteiger charge is -2.32. The van der Waals surface area contributed by atoms with Gasteiger partial charge in [-0.25, -0.2) is 0 Å². The number of rotatable bonds is 5. The maximum absolute atomic E-state index is 12.5. The van der Waals surface area contributed by atoms with Crippen LogP contribution in [0.1, 0.15) is 51.9 Å². The molecule has 2 atom stereocenters. The molecular formula is C20H35F3N4. The minimum absolute atomic E-state index is 0.502.